The number of rotatable bonds is 4. The molecule has 7 aromatic carbocycles. The van der Waals surface area contributed by atoms with Gasteiger partial charge in [-0.25, -0.2) is 4.98 Å². The number of benzene rings is 7. The minimum absolute atomic E-state index is 0.260. The highest BCUT2D eigenvalue weighted by Crippen LogP contribution is 2.62. The second-order valence-corrected chi connectivity index (χ2v) is 15.1. The average molecular weight is 716 g/mol. The summed E-state index contributed by atoms with van der Waals surface area (Å²) in [5.74, 6) is 0.549. The average Bonchev–Trinajstić information content (AvgIpc) is 3.55. The van der Waals surface area contributed by atoms with E-state index in [1.54, 1.807) is 6.07 Å². The molecule has 56 heavy (non-hydrogen) atoms. The van der Waals surface area contributed by atoms with Gasteiger partial charge in [0.15, 0.2) is 5.82 Å². The largest absolute Gasteiger partial charge is 0.224 e. The molecule has 0 atom stereocenters. The van der Waals surface area contributed by atoms with E-state index in [9.17, 15) is 10.5 Å². The SMILES string of the molecule is CC1(C)c2ccccc2C2(c3cc(-c4cc(C#N)cc(C#N)c4)ccc3-c3ccc(-c4nnc(-c5ccccc5)c(-c5ccccc5)n4)cc32)c2ccccc21. The molecule has 262 valence electrons. The van der Waals surface area contributed by atoms with Gasteiger partial charge in [-0.05, 0) is 86.0 Å². The Morgan fingerprint density at radius 2 is 0.893 bits per heavy atom. The molecule has 0 aliphatic heterocycles. The number of aromatic nitrogens is 3. The first-order valence-corrected chi connectivity index (χ1v) is 18.7. The van der Waals surface area contributed by atoms with E-state index in [0.717, 1.165) is 61.5 Å². The molecule has 10 rings (SSSR count). The van der Waals surface area contributed by atoms with Gasteiger partial charge in [-0.1, -0.05) is 147 Å². The van der Waals surface area contributed by atoms with Gasteiger partial charge in [-0.3, -0.25) is 0 Å². The molecule has 0 saturated heterocycles. The monoisotopic (exact) mass is 715 g/mol. The van der Waals surface area contributed by atoms with Crippen LogP contribution in [0.1, 0.15) is 58.4 Å². The van der Waals surface area contributed by atoms with Crippen LogP contribution in [0.3, 0.4) is 0 Å². The first kappa shape index (κ1) is 33.1. The Morgan fingerprint density at radius 1 is 0.411 bits per heavy atom. The predicted octanol–water partition coefficient (Wildman–Crippen LogP) is 11.3. The van der Waals surface area contributed by atoms with Crippen LogP contribution >= 0.6 is 0 Å². The minimum Gasteiger partial charge on any atom is -0.224 e. The molecule has 5 nitrogen and oxygen atoms in total. The van der Waals surface area contributed by atoms with Crippen LogP contribution in [0.15, 0.2) is 164 Å². The molecule has 8 aromatic rings. The highest BCUT2D eigenvalue weighted by Gasteiger charge is 2.53. The Balaban J connectivity index is 1.26. The molecule has 0 N–H and O–H groups in total. The molecule has 0 unspecified atom stereocenters. The number of hydrogen-bond donors (Lipinski definition) is 0. The van der Waals surface area contributed by atoms with Crippen LogP contribution in [-0.4, -0.2) is 15.2 Å². The maximum Gasteiger partial charge on any atom is 0.182 e. The number of nitriles is 2. The molecular weight excluding hydrogens is 683 g/mol. The Hall–Kier alpha value is -7.47. The van der Waals surface area contributed by atoms with Crippen molar-refractivity contribution in [2.75, 3.05) is 0 Å². The van der Waals surface area contributed by atoms with Gasteiger partial charge < -0.3 is 0 Å². The molecule has 0 saturated carbocycles. The fourth-order valence-corrected chi connectivity index (χ4v) is 9.18. The fourth-order valence-electron chi connectivity index (χ4n) is 9.18. The van der Waals surface area contributed by atoms with Crippen LogP contribution in [0.25, 0.3) is 56.2 Å². The van der Waals surface area contributed by atoms with Crippen LogP contribution in [0, 0.1) is 22.7 Å². The zero-order valence-electron chi connectivity index (χ0n) is 30.8. The Kier molecular flexibility index (Phi) is 7.43. The second-order valence-electron chi connectivity index (χ2n) is 15.1. The summed E-state index contributed by atoms with van der Waals surface area (Å²) < 4.78 is 0. The van der Waals surface area contributed by atoms with Crippen molar-refractivity contribution >= 4 is 0 Å². The summed E-state index contributed by atoms with van der Waals surface area (Å²) in [6.45, 7) is 4.63. The Bertz CT molecular complexity index is 2890. The van der Waals surface area contributed by atoms with Crippen molar-refractivity contribution in [3.05, 3.63) is 208 Å². The Morgan fingerprint density at radius 3 is 1.45 bits per heavy atom. The molecule has 1 spiro atoms. The molecule has 2 aliphatic carbocycles. The molecule has 5 heteroatoms. The number of fused-ring (bicyclic) bond motifs is 9. The molecule has 1 aromatic heterocycles. The van der Waals surface area contributed by atoms with Crippen molar-refractivity contribution < 1.29 is 0 Å². The standard InChI is InChI=1S/C51H33N5/c1-50(2)41-17-9-11-19-43(41)51(44-20-12-10-18-42(44)50)45-28-36(38-26-32(30-52)25-33(27-38)31-53)21-23-39(45)40-24-22-37(29-46(40)51)49-54-47(34-13-5-3-6-14-34)48(55-56-49)35-15-7-4-8-16-35/h3-29H,1-2H3. The molecule has 0 bridgehead atoms. The summed E-state index contributed by atoms with van der Waals surface area (Å²) in [6, 6.07) is 61.0. The maximum absolute atomic E-state index is 9.87. The summed E-state index contributed by atoms with van der Waals surface area (Å²) in [6.07, 6.45) is 0. The molecule has 0 amide bonds. The van der Waals surface area contributed by atoms with Crippen LogP contribution in [-0.2, 0) is 10.8 Å². The van der Waals surface area contributed by atoms with Gasteiger partial charge in [0, 0.05) is 22.1 Å². The first-order chi connectivity index (χ1) is 27.4. The van der Waals surface area contributed by atoms with E-state index in [1.165, 1.54) is 22.3 Å². The van der Waals surface area contributed by atoms with Crippen LogP contribution in [0.4, 0.5) is 0 Å². The van der Waals surface area contributed by atoms with E-state index in [0.29, 0.717) is 17.0 Å². The van der Waals surface area contributed by atoms with Crippen molar-refractivity contribution in [3.63, 3.8) is 0 Å². The van der Waals surface area contributed by atoms with Crippen molar-refractivity contribution in [2.24, 2.45) is 0 Å². The van der Waals surface area contributed by atoms with E-state index in [-0.39, 0.29) is 5.41 Å². The number of nitrogens with zero attached hydrogens (tertiary/aromatic N) is 5. The lowest BCUT2D eigenvalue weighted by Gasteiger charge is -2.46. The van der Waals surface area contributed by atoms with Gasteiger partial charge in [0.2, 0.25) is 0 Å². The van der Waals surface area contributed by atoms with E-state index in [4.69, 9.17) is 15.2 Å². The third-order valence-corrected chi connectivity index (χ3v) is 11.7. The number of hydrogen-bond acceptors (Lipinski definition) is 5. The lowest BCUT2D eigenvalue weighted by atomic mass is 9.55. The van der Waals surface area contributed by atoms with E-state index >= 15 is 0 Å². The zero-order valence-corrected chi connectivity index (χ0v) is 30.8. The quantitative estimate of drug-likeness (QED) is 0.181. The normalized spacial score (nSPS) is 13.8. The predicted molar refractivity (Wildman–Crippen MR) is 220 cm³/mol. The van der Waals surface area contributed by atoms with E-state index < -0.39 is 5.41 Å². The van der Waals surface area contributed by atoms with Crippen LogP contribution in [0.2, 0.25) is 0 Å². The summed E-state index contributed by atoms with van der Waals surface area (Å²) in [4.78, 5) is 5.27. The molecule has 0 fully saturated rings. The molecule has 1 heterocycles. The zero-order chi connectivity index (χ0) is 38.0. The second kappa shape index (κ2) is 12.6. The van der Waals surface area contributed by atoms with Gasteiger partial charge >= 0.3 is 0 Å². The minimum atomic E-state index is -0.691. The molecule has 0 radical (unpaired) electrons. The highest BCUT2D eigenvalue weighted by molar-refractivity contribution is 5.92. The summed E-state index contributed by atoms with van der Waals surface area (Å²) >= 11 is 0. The topological polar surface area (TPSA) is 86.2 Å². The lowest BCUT2D eigenvalue weighted by molar-refractivity contribution is 0.563. The summed E-state index contributed by atoms with van der Waals surface area (Å²) in [5.41, 5.74) is 15.6. The smallest absolute Gasteiger partial charge is 0.182 e. The van der Waals surface area contributed by atoms with Gasteiger partial charge in [-0.2, -0.15) is 10.5 Å². The summed E-state index contributed by atoms with van der Waals surface area (Å²) in [7, 11) is 0. The molecular formula is C51H33N5. The maximum atomic E-state index is 9.87. The lowest BCUT2D eigenvalue weighted by Crippen LogP contribution is -2.40. The van der Waals surface area contributed by atoms with Crippen LogP contribution in [0.5, 0.6) is 0 Å². The molecule has 2 aliphatic rings. The van der Waals surface area contributed by atoms with Gasteiger partial charge in [0.1, 0.15) is 11.4 Å². The van der Waals surface area contributed by atoms with Crippen molar-refractivity contribution in [3.8, 4) is 68.3 Å². The van der Waals surface area contributed by atoms with Gasteiger partial charge in [0.25, 0.3) is 0 Å². The fraction of sp³-hybridized carbons (Fsp3) is 0.0784. The highest BCUT2D eigenvalue weighted by atomic mass is 15.2. The van der Waals surface area contributed by atoms with Crippen molar-refractivity contribution in [2.45, 2.75) is 24.7 Å². The first-order valence-electron chi connectivity index (χ1n) is 18.7. The van der Waals surface area contributed by atoms with Crippen LogP contribution < -0.4 is 0 Å². The van der Waals surface area contributed by atoms with E-state index in [2.05, 4.69) is 123 Å². The third-order valence-electron chi connectivity index (χ3n) is 11.7. The van der Waals surface area contributed by atoms with Gasteiger partial charge in [-0.15, -0.1) is 10.2 Å². The third kappa shape index (κ3) is 4.82. The summed E-state index contributed by atoms with van der Waals surface area (Å²) in [5, 5.41) is 29.4. The van der Waals surface area contributed by atoms with Gasteiger partial charge in [0.05, 0.1) is 28.7 Å². The van der Waals surface area contributed by atoms with E-state index in [1.807, 2.05) is 60.7 Å². The van der Waals surface area contributed by atoms with Crippen molar-refractivity contribution in [1.82, 2.24) is 15.2 Å². The Labute approximate surface area is 325 Å². The van der Waals surface area contributed by atoms with Crippen molar-refractivity contribution in [1.29, 1.82) is 10.5 Å².